The van der Waals surface area contributed by atoms with Crippen LogP contribution in [0.3, 0.4) is 0 Å². The molecule has 0 saturated carbocycles. The van der Waals surface area contributed by atoms with Crippen molar-refractivity contribution in [3.63, 3.8) is 0 Å². The van der Waals surface area contributed by atoms with Crippen LogP contribution in [0.4, 0.5) is 4.39 Å². The predicted molar refractivity (Wildman–Crippen MR) is 82.3 cm³/mol. The molecule has 3 heterocycles. The molecular weight excluding hydrogens is 299 g/mol. The number of piperazine rings is 1. The second-order valence-electron chi connectivity index (χ2n) is 6.29. The van der Waals surface area contributed by atoms with Gasteiger partial charge < -0.3 is 9.64 Å². The van der Waals surface area contributed by atoms with Crippen LogP contribution in [-0.4, -0.2) is 70.6 Å². The number of amides is 1. The van der Waals surface area contributed by atoms with Crippen molar-refractivity contribution in [1.29, 1.82) is 0 Å². The van der Waals surface area contributed by atoms with Gasteiger partial charge in [-0.3, -0.25) is 9.69 Å². The van der Waals surface area contributed by atoms with E-state index in [1.54, 1.807) is 6.92 Å². The lowest BCUT2D eigenvalue weighted by Gasteiger charge is -2.35. The van der Waals surface area contributed by atoms with Crippen LogP contribution in [0.5, 0.6) is 0 Å². The van der Waals surface area contributed by atoms with Crippen LogP contribution in [0.15, 0.2) is 12.4 Å². The third-order valence-electron chi connectivity index (χ3n) is 4.56. The van der Waals surface area contributed by atoms with Gasteiger partial charge in [0.1, 0.15) is 5.82 Å². The molecule has 126 valence electrons. The molecule has 1 aromatic rings. The maximum atomic E-state index is 12.8. The first kappa shape index (κ1) is 16.3. The average Bonchev–Trinajstić information content (AvgIpc) is 2.97. The van der Waals surface area contributed by atoms with Crippen molar-refractivity contribution in [1.82, 2.24) is 19.8 Å². The lowest BCUT2D eigenvalue weighted by Crippen LogP contribution is -2.49. The van der Waals surface area contributed by atoms with E-state index in [0.29, 0.717) is 12.2 Å². The molecule has 2 aliphatic heterocycles. The highest BCUT2D eigenvalue weighted by Gasteiger charge is 2.29. The standard InChI is InChI=1S/C16H23FN4O2/c1-12(22)21-6-4-20(5-7-21)11-15-3-2-14(23-15)8-16-18-9-13(17)10-19-16/h9-10,14-15H,2-8,11H2,1H3/t14-,15+/m0/s1. The van der Waals surface area contributed by atoms with Crippen molar-refractivity contribution in [2.75, 3.05) is 32.7 Å². The highest BCUT2D eigenvalue weighted by molar-refractivity contribution is 5.73. The molecule has 2 fully saturated rings. The minimum Gasteiger partial charge on any atom is -0.373 e. The Labute approximate surface area is 135 Å². The highest BCUT2D eigenvalue weighted by Crippen LogP contribution is 2.23. The Morgan fingerprint density at radius 3 is 2.52 bits per heavy atom. The molecule has 2 atom stereocenters. The number of carbonyl (C=O) groups is 1. The largest absolute Gasteiger partial charge is 0.373 e. The van der Waals surface area contributed by atoms with E-state index in [-0.39, 0.29) is 18.1 Å². The summed E-state index contributed by atoms with van der Waals surface area (Å²) in [6.45, 7) is 5.95. The van der Waals surface area contributed by atoms with Gasteiger partial charge in [-0.05, 0) is 12.8 Å². The molecule has 0 radical (unpaired) electrons. The lowest BCUT2D eigenvalue weighted by atomic mass is 10.1. The molecule has 2 saturated heterocycles. The van der Waals surface area contributed by atoms with E-state index in [9.17, 15) is 9.18 Å². The summed E-state index contributed by atoms with van der Waals surface area (Å²) in [7, 11) is 0. The Bertz CT molecular complexity index is 531. The number of halogens is 1. The fourth-order valence-corrected chi connectivity index (χ4v) is 3.25. The number of nitrogens with zero attached hydrogens (tertiary/aromatic N) is 4. The van der Waals surface area contributed by atoms with Crippen LogP contribution in [-0.2, 0) is 16.0 Å². The summed E-state index contributed by atoms with van der Waals surface area (Å²) >= 11 is 0. The number of aromatic nitrogens is 2. The summed E-state index contributed by atoms with van der Waals surface area (Å²) in [6, 6.07) is 0. The Kier molecular flexibility index (Phi) is 5.17. The number of hydrogen-bond acceptors (Lipinski definition) is 5. The van der Waals surface area contributed by atoms with E-state index >= 15 is 0 Å². The van der Waals surface area contributed by atoms with Gasteiger partial charge in [0.15, 0.2) is 5.82 Å². The fourth-order valence-electron chi connectivity index (χ4n) is 3.25. The average molecular weight is 322 g/mol. The van der Waals surface area contributed by atoms with Gasteiger partial charge in [-0.15, -0.1) is 0 Å². The number of rotatable bonds is 4. The molecule has 1 aromatic heterocycles. The first-order chi connectivity index (χ1) is 11.1. The van der Waals surface area contributed by atoms with Crippen LogP contribution >= 0.6 is 0 Å². The normalized spacial score (nSPS) is 25.7. The molecular formula is C16H23FN4O2. The van der Waals surface area contributed by atoms with E-state index in [4.69, 9.17) is 4.74 Å². The van der Waals surface area contributed by atoms with Crippen LogP contribution < -0.4 is 0 Å². The number of hydrogen-bond donors (Lipinski definition) is 0. The van der Waals surface area contributed by atoms with Crippen molar-refractivity contribution in [3.05, 3.63) is 24.0 Å². The molecule has 1 amide bonds. The predicted octanol–water partition coefficient (Wildman–Crippen LogP) is 0.870. The fraction of sp³-hybridized carbons (Fsp3) is 0.688. The van der Waals surface area contributed by atoms with Crippen LogP contribution in [0, 0.1) is 5.82 Å². The first-order valence-corrected chi connectivity index (χ1v) is 8.20. The third-order valence-corrected chi connectivity index (χ3v) is 4.56. The maximum absolute atomic E-state index is 12.8. The molecule has 2 aliphatic rings. The van der Waals surface area contributed by atoms with Crippen LogP contribution in [0.1, 0.15) is 25.6 Å². The second-order valence-corrected chi connectivity index (χ2v) is 6.29. The molecule has 0 aromatic carbocycles. The molecule has 0 N–H and O–H groups in total. The molecule has 3 rings (SSSR count). The zero-order chi connectivity index (χ0) is 16.2. The van der Waals surface area contributed by atoms with Gasteiger partial charge in [0, 0.05) is 46.1 Å². The third kappa shape index (κ3) is 4.45. The van der Waals surface area contributed by atoms with E-state index in [0.717, 1.165) is 45.6 Å². The van der Waals surface area contributed by atoms with E-state index in [1.807, 2.05) is 4.90 Å². The summed E-state index contributed by atoms with van der Waals surface area (Å²) in [5.74, 6) is 0.372. The lowest BCUT2D eigenvalue weighted by molar-refractivity contribution is -0.130. The topological polar surface area (TPSA) is 58.6 Å². The summed E-state index contributed by atoms with van der Waals surface area (Å²) in [4.78, 5) is 23.6. The summed E-state index contributed by atoms with van der Waals surface area (Å²) in [6.07, 6.45) is 5.38. The first-order valence-electron chi connectivity index (χ1n) is 8.20. The minimum atomic E-state index is -0.413. The van der Waals surface area contributed by atoms with Gasteiger partial charge in [-0.1, -0.05) is 0 Å². The van der Waals surface area contributed by atoms with Gasteiger partial charge in [-0.25, -0.2) is 14.4 Å². The number of ether oxygens (including phenoxy) is 1. The Balaban J connectivity index is 1.42. The minimum absolute atomic E-state index is 0.115. The van der Waals surface area contributed by atoms with Gasteiger partial charge >= 0.3 is 0 Å². The van der Waals surface area contributed by atoms with Crippen molar-refractivity contribution in [2.45, 2.75) is 38.4 Å². The van der Waals surface area contributed by atoms with Gasteiger partial charge in [0.25, 0.3) is 0 Å². The van der Waals surface area contributed by atoms with E-state index < -0.39 is 5.82 Å². The SMILES string of the molecule is CC(=O)N1CCN(C[C@H]2CC[C@@H](Cc3ncc(F)cn3)O2)CC1. The van der Waals surface area contributed by atoms with E-state index in [2.05, 4.69) is 14.9 Å². The Morgan fingerprint density at radius 2 is 1.87 bits per heavy atom. The summed E-state index contributed by atoms with van der Waals surface area (Å²) < 4.78 is 18.9. The van der Waals surface area contributed by atoms with Gasteiger partial charge in [0.05, 0.1) is 24.6 Å². The molecule has 0 unspecified atom stereocenters. The van der Waals surface area contributed by atoms with Crippen LogP contribution in [0.2, 0.25) is 0 Å². The molecule has 0 aliphatic carbocycles. The molecule has 7 heteroatoms. The Hall–Kier alpha value is -1.60. The van der Waals surface area contributed by atoms with Crippen molar-refractivity contribution in [3.8, 4) is 0 Å². The molecule has 0 bridgehead atoms. The quantitative estimate of drug-likeness (QED) is 0.823. The van der Waals surface area contributed by atoms with Crippen LogP contribution in [0.25, 0.3) is 0 Å². The zero-order valence-corrected chi connectivity index (χ0v) is 13.4. The highest BCUT2D eigenvalue weighted by atomic mass is 19.1. The monoisotopic (exact) mass is 322 g/mol. The van der Waals surface area contributed by atoms with Crippen molar-refractivity contribution < 1.29 is 13.9 Å². The van der Waals surface area contributed by atoms with E-state index in [1.165, 1.54) is 12.4 Å². The second kappa shape index (κ2) is 7.31. The Morgan fingerprint density at radius 1 is 1.22 bits per heavy atom. The number of carbonyl (C=O) groups excluding carboxylic acids is 1. The summed E-state index contributed by atoms with van der Waals surface area (Å²) in [5, 5.41) is 0. The zero-order valence-electron chi connectivity index (χ0n) is 13.4. The van der Waals surface area contributed by atoms with Crippen molar-refractivity contribution >= 4 is 5.91 Å². The summed E-state index contributed by atoms with van der Waals surface area (Å²) in [5.41, 5.74) is 0. The van der Waals surface area contributed by atoms with Gasteiger partial charge in [-0.2, -0.15) is 0 Å². The molecule has 6 nitrogen and oxygen atoms in total. The van der Waals surface area contributed by atoms with Gasteiger partial charge in [0.2, 0.25) is 5.91 Å². The van der Waals surface area contributed by atoms with Crippen molar-refractivity contribution in [2.24, 2.45) is 0 Å². The smallest absolute Gasteiger partial charge is 0.219 e. The maximum Gasteiger partial charge on any atom is 0.219 e. The molecule has 23 heavy (non-hydrogen) atoms. The molecule has 0 spiro atoms.